The summed E-state index contributed by atoms with van der Waals surface area (Å²) in [5.74, 6) is 0. The summed E-state index contributed by atoms with van der Waals surface area (Å²) in [5.41, 5.74) is 1.88. The number of carbonyl (C=O) groups is 1. The summed E-state index contributed by atoms with van der Waals surface area (Å²) in [6.45, 7) is 2.00. The number of rotatable bonds is 2. The number of carbonyl (C=O) groups excluding carboxylic acids is 1. The van der Waals surface area contributed by atoms with Crippen LogP contribution in [0.15, 0.2) is 18.2 Å². The zero-order chi connectivity index (χ0) is 9.47. The summed E-state index contributed by atoms with van der Waals surface area (Å²) < 4.78 is 0. The highest BCUT2D eigenvalue weighted by Gasteiger charge is 2.45. The van der Waals surface area contributed by atoms with Crippen LogP contribution in [-0.2, 0) is 10.2 Å². The first kappa shape index (κ1) is 8.76. The molecule has 0 aromatic heterocycles. The van der Waals surface area contributed by atoms with Gasteiger partial charge in [0.25, 0.3) is 0 Å². The molecule has 0 atom stereocenters. The van der Waals surface area contributed by atoms with E-state index in [1.807, 2.05) is 25.1 Å². The molecular weight excluding hydrogens is 184 g/mol. The molecular formula is C11H11ClO. The molecule has 1 aliphatic carbocycles. The Morgan fingerprint density at radius 3 is 2.62 bits per heavy atom. The molecule has 13 heavy (non-hydrogen) atoms. The summed E-state index contributed by atoms with van der Waals surface area (Å²) in [7, 11) is 0. The minimum Gasteiger partial charge on any atom is -0.302 e. The summed E-state index contributed by atoms with van der Waals surface area (Å²) >= 11 is 6.07. The lowest BCUT2D eigenvalue weighted by Crippen LogP contribution is -2.08. The van der Waals surface area contributed by atoms with Crippen LogP contribution >= 0.6 is 11.6 Å². The van der Waals surface area contributed by atoms with E-state index in [-0.39, 0.29) is 5.41 Å². The molecule has 1 saturated carbocycles. The van der Waals surface area contributed by atoms with Gasteiger partial charge in [-0.15, -0.1) is 0 Å². The fraction of sp³-hybridized carbons (Fsp3) is 0.364. The molecule has 0 radical (unpaired) electrons. The Balaban J connectivity index is 2.47. The molecule has 68 valence electrons. The zero-order valence-electron chi connectivity index (χ0n) is 7.51. The molecule has 0 N–H and O–H groups in total. The van der Waals surface area contributed by atoms with Crippen molar-refractivity contribution in [1.29, 1.82) is 0 Å². The Bertz CT molecular complexity index is 353. The van der Waals surface area contributed by atoms with E-state index >= 15 is 0 Å². The molecule has 0 amide bonds. The highest BCUT2D eigenvalue weighted by molar-refractivity contribution is 6.31. The van der Waals surface area contributed by atoms with Crippen molar-refractivity contribution in [2.75, 3.05) is 0 Å². The molecule has 1 aliphatic rings. The largest absolute Gasteiger partial charge is 0.302 e. The van der Waals surface area contributed by atoms with Gasteiger partial charge in [0.15, 0.2) is 0 Å². The molecule has 2 heteroatoms. The number of aryl methyl sites for hydroxylation is 1. The second-order valence-corrected chi connectivity index (χ2v) is 4.16. The van der Waals surface area contributed by atoms with E-state index in [0.29, 0.717) is 0 Å². The van der Waals surface area contributed by atoms with Crippen LogP contribution in [0.1, 0.15) is 24.0 Å². The molecule has 0 saturated heterocycles. The highest BCUT2D eigenvalue weighted by atomic mass is 35.5. The molecule has 1 fully saturated rings. The predicted molar refractivity (Wildman–Crippen MR) is 53.2 cm³/mol. The maximum absolute atomic E-state index is 10.9. The van der Waals surface area contributed by atoms with Crippen molar-refractivity contribution in [1.82, 2.24) is 0 Å². The number of halogens is 1. The maximum Gasteiger partial charge on any atom is 0.130 e. The van der Waals surface area contributed by atoms with Crippen LogP contribution in [-0.4, -0.2) is 6.29 Å². The van der Waals surface area contributed by atoms with E-state index < -0.39 is 0 Å². The first-order chi connectivity index (χ1) is 6.18. The third-order valence-corrected chi connectivity index (χ3v) is 2.99. The summed E-state index contributed by atoms with van der Waals surface area (Å²) in [5, 5.41) is 0.726. The van der Waals surface area contributed by atoms with Crippen molar-refractivity contribution in [2.24, 2.45) is 0 Å². The van der Waals surface area contributed by atoms with Crippen molar-refractivity contribution in [3.05, 3.63) is 34.3 Å². The van der Waals surface area contributed by atoms with Crippen LogP contribution in [0.4, 0.5) is 0 Å². The Morgan fingerprint density at radius 1 is 1.46 bits per heavy atom. The number of hydrogen-bond donors (Lipinski definition) is 0. The summed E-state index contributed by atoms with van der Waals surface area (Å²) in [4.78, 5) is 10.9. The first-order valence-electron chi connectivity index (χ1n) is 4.41. The van der Waals surface area contributed by atoms with Gasteiger partial charge in [0.2, 0.25) is 0 Å². The van der Waals surface area contributed by atoms with Gasteiger partial charge < -0.3 is 4.79 Å². The minimum atomic E-state index is -0.245. The lowest BCUT2D eigenvalue weighted by Gasteiger charge is -2.09. The minimum absolute atomic E-state index is 0.245. The van der Waals surface area contributed by atoms with E-state index in [1.165, 1.54) is 0 Å². The number of aldehydes is 1. The highest BCUT2D eigenvalue weighted by Crippen LogP contribution is 2.48. The van der Waals surface area contributed by atoms with Crippen LogP contribution in [0, 0.1) is 6.92 Å². The lowest BCUT2D eigenvalue weighted by atomic mass is 9.97. The fourth-order valence-electron chi connectivity index (χ4n) is 1.61. The van der Waals surface area contributed by atoms with Crippen molar-refractivity contribution in [3.63, 3.8) is 0 Å². The van der Waals surface area contributed by atoms with E-state index in [9.17, 15) is 4.79 Å². The number of hydrogen-bond acceptors (Lipinski definition) is 1. The van der Waals surface area contributed by atoms with Gasteiger partial charge in [0.05, 0.1) is 5.41 Å². The zero-order valence-corrected chi connectivity index (χ0v) is 8.27. The van der Waals surface area contributed by atoms with Gasteiger partial charge in [0, 0.05) is 5.02 Å². The van der Waals surface area contributed by atoms with Crippen molar-refractivity contribution < 1.29 is 4.79 Å². The Kier molecular flexibility index (Phi) is 1.92. The van der Waals surface area contributed by atoms with E-state index in [0.717, 1.165) is 35.3 Å². The molecule has 0 heterocycles. The average molecular weight is 195 g/mol. The smallest absolute Gasteiger partial charge is 0.130 e. The standard InChI is InChI=1S/C11H11ClO/c1-8-2-3-9(10(12)6-8)11(7-13)4-5-11/h2-3,6-7H,4-5H2,1H3. The van der Waals surface area contributed by atoms with Gasteiger partial charge in [0.1, 0.15) is 6.29 Å². The Labute approximate surface area is 82.7 Å². The molecule has 0 spiro atoms. The summed E-state index contributed by atoms with van der Waals surface area (Å²) in [6.07, 6.45) is 2.92. The average Bonchev–Trinajstić information content (AvgIpc) is 2.85. The Hall–Kier alpha value is -0.820. The van der Waals surface area contributed by atoms with Gasteiger partial charge in [-0.1, -0.05) is 23.7 Å². The van der Waals surface area contributed by atoms with Crippen molar-refractivity contribution in [2.45, 2.75) is 25.2 Å². The normalized spacial score (nSPS) is 18.3. The molecule has 0 bridgehead atoms. The molecule has 0 unspecified atom stereocenters. The molecule has 1 aromatic carbocycles. The van der Waals surface area contributed by atoms with Gasteiger partial charge in [-0.2, -0.15) is 0 Å². The van der Waals surface area contributed by atoms with Crippen LogP contribution in [0.25, 0.3) is 0 Å². The predicted octanol–water partition coefficient (Wildman–Crippen LogP) is 2.88. The molecule has 1 aromatic rings. The Morgan fingerprint density at radius 2 is 2.15 bits per heavy atom. The molecule has 1 nitrogen and oxygen atoms in total. The lowest BCUT2D eigenvalue weighted by molar-refractivity contribution is -0.109. The quantitative estimate of drug-likeness (QED) is 0.662. The van der Waals surface area contributed by atoms with Crippen LogP contribution < -0.4 is 0 Å². The van der Waals surface area contributed by atoms with Crippen LogP contribution in [0.2, 0.25) is 5.02 Å². The third kappa shape index (κ3) is 1.37. The SMILES string of the molecule is Cc1ccc(C2(C=O)CC2)c(Cl)c1. The van der Waals surface area contributed by atoms with Crippen molar-refractivity contribution in [3.8, 4) is 0 Å². The van der Waals surface area contributed by atoms with Crippen LogP contribution in [0.3, 0.4) is 0 Å². The second kappa shape index (κ2) is 2.85. The van der Waals surface area contributed by atoms with Gasteiger partial charge in [-0.25, -0.2) is 0 Å². The topological polar surface area (TPSA) is 17.1 Å². The van der Waals surface area contributed by atoms with Crippen LogP contribution in [0.5, 0.6) is 0 Å². The first-order valence-corrected chi connectivity index (χ1v) is 4.79. The van der Waals surface area contributed by atoms with Gasteiger partial charge >= 0.3 is 0 Å². The molecule has 2 rings (SSSR count). The van der Waals surface area contributed by atoms with Gasteiger partial charge in [-0.3, -0.25) is 0 Å². The van der Waals surface area contributed by atoms with E-state index in [1.54, 1.807) is 0 Å². The maximum atomic E-state index is 10.9. The molecule has 0 aliphatic heterocycles. The third-order valence-electron chi connectivity index (χ3n) is 2.68. The van der Waals surface area contributed by atoms with E-state index in [4.69, 9.17) is 11.6 Å². The fourth-order valence-corrected chi connectivity index (χ4v) is 2.03. The monoisotopic (exact) mass is 194 g/mol. The van der Waals surface area contributed by atoms with E-state index in [2.05, 4.69) is 0 Å². The second-order valence-electron chi connectivity index (χ2n) is 3.76. The van der Waals surface area contributed by atoms with Gasteiger partial charge in [-0.05, 0) is 37.0 Å². The summed E-state index contributed by atoms with van der Waals surface area (Å²) in [6, 6.07) is 5.89. The number of benzene rings is 1. The van der Waals surface area contributed by atoms with Crippen molar-refractivity contribution >= 4 is 17.9 Å².